The summed E-state index contributed by atoms with van der Waals surface area (Å²) in [4.78, 5) is 9.69. The predicted molar refractivity (Wildman–Crippen MR) is 72.8 cm³/mol. The van der Waals surface area contributed by atoms with Crippen molar-refractivity contribution in [1.29, 1.82) is 5.26 Å². The molecular weight excluding hydrogens is 306 g/mol. The second-order valence-electron chi connectivity index (χ2n) is 3.87. The van der Waals surface area contributed by atoms with Gasteiger partial charge < -0.3 is 0 Å². The van der Waals surface area contributed by atoms with Crippen LogP contribution in [0.5, 0.6) is 0 Å². The van der Waals surface area contributed by atoms with Crippen molar-refractivity contribution in [1.82, 2.24) is 4.31 Å². The van der Waals surface area contributed by atoms with Crippen molar-refractivity contribution < 1.29 is 13.3 Å². The van der Waals surface area contributed by atoms with Gasteiger partial charge in [-0.1, -0.05) is 18.5 Å². The monoisotopic (exact) mass is 317 g/mol. The summed E-state index contributed by atoms with van der Waals surface area (Å²) >= 11 is 5.81. The number of nitro groups is 1. The van der Waals surface area contributed by atoms with Crippen LogP contribution in [0.15, 0.2) is 23.1 Å². The van der Waals surface area contributed by atoms with Crippen LogP contribution in [0.2, 0.25) is 5.02 Å². The minimum atomic E-state index is -3.94. The number of non-ortho nitro benzene ring substituents is 1. The Bertz CT molecular complexity index is 654. The highest BCUT2D eigenvalue weighted by Crippen LogP contribution is 2.28. The van der Waals surface area contributed by atoms with E-state index in [1.165, 1.54) is 0 Å². The summed E-state index contributed by atoms with van der Waals surface area (Å²) in [6.07, 6.45) is 0.533. The molecule has 0 atom stereocenters. The Morgan fingerprint density at radius 3 is 2.60 bits per heavy atom. The van der Waals surface area contributed by atoms with E-state index < -0.39 is 14.9 Å². The molecule has 20 heavy (non-hydrogen) atoms. The minimum Gasteiger partial charge on any atom is -0.258 e. The van der Waals surface area contributed by atoms with Gasteiger partial charge in [0, 0.05) is 18.7 Å². The zero-order valence-electron chi connectivity index (χ0n) is 10.6. The molecule has 0 radical (unpaired) electrons. The molecular formula is C11H12ClN3O4S. The Labute approximate surface area is 121 Å². The number of sulfonamides is 1. The molecule has 1 aromatic rings. The fourth-order valence-electron chi connectivity index (χ4n) is 1.56. The van der Waals surface area contributed by atoms with Crippen LogP contribution in [0.1, 0.15) is 13.3 Å². The lowest BCUT2D eigenvalue weighted by molar-refractivity contribution is -0.384. The molecule has 7 nitrogen and oxygen atoms in total. The van der Waals surface area contributed by atoms with Gasteiger partial charge in [0.05, 0.1) is 16.0 Å². The SMILES string of the molecule is CCCN(CC#N)S(=O)(=O)c1ccc([N+](=O)[O-])cc1Cl. The van der Waals surface area contributed by atoms with Crippen LogP contribution >= 0.6 is 11.6 Å². The Kier molecular flexibility index (Phi) is 5.44. The number of halogens is 1. The molecule has 0 bridgehead atoms. The summed E-state index contributed by atoms with van der Waals surface area (Å²) in [7, 11) is -3.94. The fraction of sp³-hybridized carbons (Fsp3) is 0.364. The Balaban J connectivity index is 3.27. The average molecular weight is 318 g/mol. The molecule has 108 valence electrons. The summed E-state index contributed by atoms with van der Waals surface area (Å²) in [5, 5.41) is 19.0. The third kappa shape index (κ3) is 3.45. The van der Waals surface area contributed by atoms with Gasteiger partial charge in [-0.25, -0.2) is 8.42 Å². The molecule has 0 saturated carbocycles. The highest BCUT2D eigenvalue weighted by molar-refractivity contribution is 7.89. The van der Waals surface area contributed by atoms with Crippen molar-refractivity contribution in [3.05, 3.63) is 33.3 Å². The first-order valence-electron chi connectivity index (χ1n) is 5.65. The smallest absolute Gasteiger partial charge is 0.258 e. The molecule has 0 spiro atoms. The van der Waals surface area contributed by atoms with Crippen LogP contribution < -0.4 is 0 Å². The number of nitrogens with zero attached hydrogens (tertiary/aromatic N) is 3. The maximum atomic E-state index is 12.3. The summed E-state index contributed by atoms with van der Waals surface area (Å²) in [5.74, 6) is 0. The van der Waals surface area contributed by atoms with Crippen LogP contribution in [0.4, 0.5) is 5.69 Å². The summed E-state index contributed by atoms with van der Waals surface area (Å²) in [5.41, 5.74) is -0.295. The normalized spacial score (nSPS) is 11.3. The Hall–Kier alpha value is -1.69. The Morgan fingerprint density at radius 1 is 1.50 bits per heavy atom. The molecule has 0 aliphatic carbocycles. The average Bonchev–Trinajstić information content (AvgIpc) is 2.37. The fourth-order valence-corrected chi connectivity index (χ4v) is 3.51. The van der Waals surface area contributed by atoms with Gasteiger partial charge >= 0.3 is 0 Å². The van der Waals surface area contributed by atoms with E-state index in [1.807, 2.05) is 0 Å². The first-order chi connectivity index (χ1) is 9.34. The number of nitriles is 1. The third-order valence-electron chi connectivity index (χ3n) is 2.46. The van der Waals surface area contributed by atoms with Gasteiger partial charge in [-0.15, -0.1) is 0 Å². The van der Waals surface area contributed by atoms with E-state index in [2.05, 4.69) is 0 Å². The van der Waals surface area contributed by atoms with E-state index in [4.69, 9.17) is 16.9 Å². The molecule has 0 unspecified atom stereocenters. The number of rotatable bonds is 6. The van der Waals surface area contributed by atoms with Gasteiger partial charge in [0.1, 0.15) is 11.4 Å². The second-order valence-corrected chi connectivity index (χ2v) is 6.18. The van der Waals surface area contributed by atoms with Crippen molar-refractivity contribution >= 4 is 27.3 Å². The van der Waals surface area contributed by atoms with Crippen LogP contribution in [-0.2, 0) is 10.0 Å². The molecule has 1 rings (SSSR count). The molecule has 0 aromatic heterocycles. The van der Waals surface area contributed by atoms with E-state index in [1.54, 1.807) is 13.0 Å². The lowest BCUT2D eigenvalue weighted by Crippen LogP contribution is -2.32. The lowest BCUT2D eigenvalue weighted by atomic mass is 10.3. The largest absolute Gasteiger partial charge is 0.271 e. The van der Waals surface area contributed by atoms with Crippen molar-refractivity contribution in [2.75, 3.05) is 13.1 Å². The minimum absolute atomic E-state index is 0.170. The van der Waals surface area contributed by atoms with Gasteiger partial charge in [0.15, 0.2) is 0 Å². The summed E-state index contributed by atoms with van der Waals surface area (Å²) < 4.78 is 25.7. The summed E-state index contributed by atoms with van der Waals surface area (Å²) in [6, 6.07) is 4.89. The van der Waals surface area contributed by atoms with Gasteiger partial charge in [0.2, 0.25) is 10.0 Å². The standard InChI is InChI=1S/C11H12ClN3O4S/c1-2-6-14(7-5-13)20(18,19)11-4-3-9(15(16)17)8-10(11)12/h3-4,8H,2,6-7H2,1H3. The van der Waals surface area contributed by atoms with E-state index in [-0.39, 0.29) is 28.7 Å². The van der Waals surface area contributed by atoms with Gasteiger partial charge in [-0.05, 0) is 12.5 Å². The maximum absolute atomic E-state index is 12.3. The molecule has 1 aromatic carbocycles. The molecule has 0 heterocycles. The highest BCUT2D eigenvalue weighted by atomic mass is 35.5. The number of benzene rings is 1. The highest BCUT2D eigenvalue weighted by Gasteiger charge is 2.27. The Morgan fingerprint density at radius 2 is 2.15 bits per heavy atom. The first kappa shape index (κ1) is 16.4. The van der Waals surface area contributed by atoms with Crippen molar-refractivity contribution in [3.63, 3.8) is 0 Å². The zero-order chi connectivity index (χ0) is 15.3. The van der Waals surface area contributed by atoms with E-state index >= 15 is 0 Å². The van der Waals surface area contributed by atoms with Crippen LogP contribution in [-0.4, -0.2) is 30.7 Å². The van der Waals surface area contributed by atoms with Crippen molar-refractivity contribution in [2.24, 2.45) is 0 Å². The van der Waals surface area contributed by atoms with Gasteiger partial charge in [-0.2, -0.15) is 9.57 Å². The van der Waals surface area contributed by atoms with Crippen molar-refractivity contribution in [2.45, 2.75) is 18.2 Å². The topological polar surface area (TPSA) is 104 Å². The third-order valence-corrected chi connectivity index (χ3v) is 4.79. The molecule has 0 aliphatic heterocycles. The quantitative estimate of drug-likeness (QED) is 0.454. The van der Waals surface area contributed by atoms with E-state index in [0.29, 0.717) is 6.42 Å². The van der Waals surface area contributed by atoms with E-state index in [0.717, 1.165) is 22.5 Å². The molecule has 0 fully saturated rings. The molecule has 0 amide bonds. The van der Waals surface area contributed by atoms with Crippen LogP contribution in [0.3, 0.4) is 0 Å². The van der Waals surface area contributed by atoms with Crippen LogP contribution in [0, 0.1) is 21.4 Å². The van der Waals surface area contributed by atoms with Crippen LogP contribution in [0.25, 0.3) is 0 Å². The lowest BCUT2D eigenvalue weighted by Gasteiger charge is -2.19. The number of hydrogen-bond donors (Lipinski definition) is 0. The predicted octanol–water partition coefficient (Wildman–Crippen LogP) is 2.17. The van der Waals surface area contributed by atoms with Gasteiger partial charge in [0.25, 0.3) is 5.69 Å². The van der Waals surface area contributed by atoms with Gasteiger partial charge in [-0.3, -0.25) is 10.1 Å². The second kappa shape index (κ2) is 6.65. The molecule has 0 aliphatic rings. The first-order valence-corrected chi connectivity index (χ1v) is 7.47. The molecule has 0 saturated heterocycles. The summed E-state index contributed by atoms with van der Waals surface area (Å²) in [6.45, 7) is 1.64. The number of nitro benzene ring substituents is 1. The molecule has 9 heteroatoms. The zero-order valence-corrected chi connectivity index (χ0v) is 12.2. The van der Waals surface area contributed by atoms with E-state index in [9.17, 15) is 18.5 Å². The van der Waals surface area contributed by atoms with Crippen molar-refractivity contribution in [3.8, 4) is 6.07 Å². The number of hydrogen-bond acceptors (Lipinski definition) is 5. The molecule has 0 N–H and O–H groups in total. The maximum Gasteiger partial charge on any atom is 0.271 e.